The number of anilines is 1. The summed E-state index contributed by atoms with van der Waals surface area (Å²) < 4.78 is 31.2. The van der Waals surface area contributed by atoms with Gasteiger partial charge in [-0.2, -0.15) is 0 Å². The van der Waals surface area contributed by atoms with Crippen molar-refractivity contribution in [3.8, 4) is 5.75 Å². The SMILES string of the molecule is CS(=O)(=O)N1C[C@@H](C(=O)NCC2CCCCC2)Oc2ccc(Cl)cc21. The fourth-order valence-corrected chi connectivity index (χ4v) is 4.50. The van der Waals surface area contributed by atoms with Gasteiger partial charge in [0.1, 0.15) is 5.75 Å². The molecule has 8 heteroatoms. The van der Waals surface area contributed by atoms with Crippen LogP contribution >= 0.6 is 11.6 Å². The minimum Gasteiger partial charge on any atom is -0.476 e. The van der Waals surface area contributed by atoms with Gasteiger partial charge in [-0.25, -0.2) is 8.42 Å². The highest BCUT2D eigenvalue weighted by molar-refractivity contribution is 7.92. The molecule has 0 saturated heterocycles. The summed E-state index contributed by atoms with van der Waals surface area (Å²) in [5, 5.41) is 3.34. The summed E-state index contributed by atoms with van der Waals surface area (Å²) in [7, 11) is -3.54. The summed E-state index contributed by atoms with van der Waals surface area (Å²) >= 11 is 5.97. The molecule has 1 aromatic rings. The van der Waals surface area contributed by atoms with Crippen molar-refractivity contribution in [1.29, 1.82) is 0 Å². The molecule has 0 spiro atoms. The standard InChI is InChI=1S/C17H23ClN2O4S/c1-25(22,23)20-11-16(24-15-8-7-13(18)9-14(15)20)17(21)19-10-12-5-3-2-4-6-12/h7-9,12,16H,2-6,10-11H2,1H3,(H,19,21)/t16-/m0/s1. The van der Waals surface area contributed by atoms with Crippen molar-refractivity contribution in [2.45, 2.75) is 38.2 Å². The molecule has 1 atom stereocenters. The van der Waals surface area contributed by atoms with E-state index >= 15 is 0 Å². The van der Waals surface area contributed by atoms with Crippen molar-refractivity contribution < 1.29 is 17.9 Å². The van der Waals surface area contributed by atoms with E-state index in [1.54, 1.807) is 12.1 Å². The first-order valence-electron chi connectivity index (χ1n) is 8.56. The van der Waals surface area contributed by atoms with Crippen LogP contribution in [-0.2, 0) is 14.8 Å². The third-order valence-corrected chi connectivity index (χ3v) is 6.15. The third kappa shape index (κ3) is 4.39. The van der Waals surface area contributed by atoms with Gasteiger partial charge in [0.05, 0.1) is 18.5 Å². The molecular formula is C17H23ClN2O4S. The maximum atomic E-state index is 12.5. The lowest BCUT2D eigenvalue weighted by Gasteiger charge is -2.34. The fraction of sp³-hybridized carbons (Fsp3) is 0.588. The lowest BCUT2D eigenvalue weighted by atomic mass is 9.89. The molecule has 1 aromatic carbocycles. The van der Waals surface area contributed by atoms with Crippen molar-refractivity contribution in [1.82, 2.24) is 5.32 Å². The molecular weight excluding hydrogens is 364 g/mol. The van der Waals surface area contributed by atoms with Crippen LogP contribution < -0.4 is 14.4 Å². The maximum absolute atomic E-state index is 12.5. The molecule has 0 radical (unpaired) electrons. The summed E-state index contributed by atoms with van der Waals surface area (Å²) in [5.41, 5.74) is 0.367. The number of nitrogens with one attached hydrogen (secondary N) is 1. The Morgan fingerprint density at radius 1 is 1.32 bits per heavy atom. The molecule has 1 N–H and O–H groups in total. The number of carbonyl (C=O) groups is 1. The fourth-order valence-electron chi connectivity index (χ4n) is 3.43. The summed E-state index contributed by atoms with van der Waals surface area (Å²) in [4.78, 5) is 12.5. The number of sulfonamides is 1. The van der Waals surface area contributed by atoms with Crippen LogP contribution in [-0.4, -0.2) is 39.8 Å². The van der Waals surface area contributed by atoms with Crippen molar-refractivity contribution in [2.24, 2.45) is 5.92 Å². The molecule has 25 heavy (non-hydrogen) atoms. The van der Waals surface area contributed by atoms with Gasteiger partial charge in [-0.05, 0) is 37.0 Å². The Kier molecular flexibility index (Phi) is 5.43. The molecule has 1 aliphatic heterocycles. The molecule has 1 heterocycles. The zero-order chi connectivity index (χ0) is 18.0. The number of carbonyl (C=O) groups excluding carboxylic acids is 1. The Morgan fingerprint density at radius 3 is 2.72 bits per heavy atom. The van der Waals surface area contributed by atoms with E-state index in [-0.39, 0.29) is 12.5 Å². The molecule has 1 amide bonds. The molecule has 1 fully saturated rings. The number of rotatable bonds is 4. The van der Waals surface area contributed by atoms with E-state index in [9.17, 15) is 13.2 Å². The van der Waals surface area contributed by atoms with E-state index in [2.05, 4.69) is 5.32 Å². The Labute approximate surface area is 153 Å². The molecule has 2 aliphatic rings. The summed E-state index contributed by atoms with van der Waals surface area (Å²) in [6, 6.07) is 4.74. The van der Waals surface area contributed by atoms with E-state index in [4.69, 9.17) is 16.3 Å². The molecule has 1 aliphatic carbocycles. The average molecular weight is 387 g/mol. The van der Waals surface area contributed by atoms with Gasteiger partial charge >= 0.3 is 0 Å². The van der Waals surface area contributed by atoms with Gasteiger partial charge in [-0.15, -0.1) is 0 Å². The van der Waals surface area contributed by atoms with Crippen molar-refractivity contribution in [2.75, 3.05) is 23.7 Å². The first kappa shape index (κ1) is 18.3. The average Bonchev–Trinajstić information content (AvgIpc) is 2.58. The van der Waals surface area contributed by atoms with Crippen LogP contribution in [0.1, 0.15) is 32.1 Å². The van der Waals surface area contributed by atoms with Crippen LogP contribution in [0.25, 0.3) is 0 Å². The number of halogens is 1. The molecule has 1 saturated carbocycles. The van der Waals surface area contributed by atoms with Gasteiger partial charge in [-0.1, -0.05) is 30.9 Å². The topological polar surface area (TPSA) is 75.7 Å². The van der Waals surface area contributed by atoms with Crippen LogP contribution in [0.3, 0.4) is 0 Å². The van der Waals surface area contributed by atoms with Gasteiger partial charge in [0.25, 0.3) is 5.91 Å². The summed E-state index contributed by atoms with van der Waals surface area (Å²) in [5.74, 6) is 0.567. The number of hydrogen-bond acceptors (Lipinski definition) is 4. The number of hydrogen-bond donors (Lipinski definition) is 1. The first-order valence-corrected chi connectivity index (χ1v) is 10.8. The second-order valence-corrected chi connectivity index (χ2v) is 9.11. The smallest absolute Gasteiger partial charge is 0.263 e. The predicted molar refractivity (Wildman–Crippen MR) is 97.6 cm³/mol. The Bertz CT molecular complexity index is 747. The number of fused-ring (bicyclic) bond motifs is 1. The van der Waals surface area contributed by atoms with E-state index in [1.807, 2.05) is 0 Å². The monoisotopic (exact) mass is 386 g/mol. The van der Waals surface area contributed by atoms with Crippen molar-refractivity contribution in [3.63, 3.8) is 0 Å². The zero-order valence-corrected chi connectivity index (χ0v) is 15.8. The van der Waals surface area contributed by atoms with Gasteiger partial charge < -0.3 is 10.1 Å². The van der Waals surface area contributed by atoms with Gasteiger partial charge in [-0.3, -0.25) is 9.10 Å². The second-order valence-electron chi connectivity index (χ2n) is 6.76. The van der Waals surface area contributed by atoms with Crippen molar-refractivity contribution in [3.05, 3.63) is 23.2 Å². The first-order chi connectivity index (χ1) is 11.8. The molecule has 0 unspecified atom stereocenters. The van der Waals surface area contributed by atoms with Crippen LogP contribution in [0.4, 0.5) is 5.69 Å². The third-order valence-electron chi connectivity index (χ3n) is 4.77. The molecule has 6 nitrogen and oxygen atoms in total. The lowest BCUT2D eigenvalue weighted by molar-refractivity contribution is -0.128. The van der Waals surface area contributed by atoms with E-state index in [1.165, 1.54) is 29.6 Å². The van der Waals surface area contributed by atoms with Crippen molar-refractivity contribution >= 4 is 33.2 Å². The Morgan fingerprint density at radius 2 is 2.04 bits per heavy atom. The van der Waals surface area contributed by atoms with Gasteiger partial charge in [0.2, 0.25) is 10.0 Å². The molecule has 0 bridgehead atoms. The molecule has 138 valence electrons. The molecule has 0 aromatic heterocycles. The quantitative estimate of drug-likeness (QED) is 0.862. The summed E-state index contributed by atoms with van der Waals surface area (Å²) in [6.45, 7) is 0.563. The number of benzene rings is 1. The van der Waals surface area contributed by atoms with Gasteiger partial charge in [0, 0.05) is 11.6 Å². The zero-order valence-electron chi connectivity index (χ0n) is 14.2. The highest BCUT2D eigenvalue weighted by Gasteiger charge is 2.35. The minimum absolute atomic E-state index is 0.0529. The predicted octanol–water partition coefficient (Wildman–Crippen LogP) is 2.56. The van der Waals surface area contributed by atoms with E-state index in [0.717, 1.165) is 19.1 Å². The summed E-state index contributed by atoms with van der Waals surface area (Å²) in [6.07, 6.45) is 6.17. The number of amides is 1. The number of ether oxygens (including phenoxy) is 1. The van der Waals surface area contributed by atoms with Crippen LogP contribution in [0.15, 0.2) is 18.2 Å². The second kappa shape index (κ2) is 7.41. The Balaban J connectivity index is 1.72. The van der Waals surface area contributed by atoms with Gasteiger partial charge in [0.15, 0.2) is 6.10 Å². The van der Waals surface area contributed by atoms with E-state index in [0.29, 0.717) is 28.9 Å². The number of nitrogens with zero attached hydrogens (tertiary/aromatic N) is 1. The van der Waals surface area contributed by atoms with Crippen LogP contribution in [0, 0.1) is 5.92 Å². The highest BCUT2D eigenvalue weighted by Crippen LogP contribution is 2.37. The minimum atomic E-state index is -3.54. The molecule has 3 rings (SSSR count). The van der Waals surface area contributed by atoms with Crippen LogP contribution in [0.5, 0.6) is 5.75 Å². The van der Waals surface area contributed by atoms with E-state index < -0.39 is 16.1 Å². The normalized spacial score (nSPS) is 21.4. The largest absolute Gasteiger partial charge is 0.476 e. The Hall–Kier alpha value is -1.47. The highest BCUT2D eigenvalue weighted by atomic mass is 35.5. The lowest BCUT2D eigenvalue weighted by Crippen LogP contribution is -2.51. The maximum Gasteiger partial charge on any atom is 0.263 e. The van der Waals surface area contributed by atoms with Crippen LogP contribution in [0.2, 0.25) is 5.02 Å².